The van der Waals surface area contributed by atoms with Crippen LogP contribution in [0, 0.1) is 0 Å². The summed E-state index contributed by atoms with van der Waals surface area (Å²) in [5.74, 6) is 0.344. The van der Waals surface area contributed by atoms with Gasteiger partial charge >= 0.3 is 0 Å². The van der Waals surface area contributed by atoms with Crippen molar-refractivity contribution in [3.05, 3.63) is 10.6 Å². The van der Waals surface area contributed by atoms with Gasteiger partial charge in [0, 0.05) is 17.8 Å². The molecule has 1 amide bonds. The summed E-state index contributed by atoms with van der Waals surface area (Å²) in [7, 11) is 0. The zero-order valence-electron chi connectivity index (χ0n) is 11.4. The molecule has 1 unspecified atom stereocenters. The van der Waals surface area contributed by atoms with E-state index in [0.29, 0.717) is 30.5 Å². The van der Waals surface area contributed by atoms with Crippen LogP contribution in [0.2, 0.25) is 0 Å². The van der Waals surface area contributed by atoms with E-state index in [-0.39, 0.29) is 17.4 Å². The van der Waals surface area contributed by atoms with Gasteiger partial charge in [-0.2, -0.15) is 0 Å². The van der Waals surface area contributed by atoms with E-state index in [4.69, 9.17) is 16.3 Å². The van der Waals surface area contributed by atoms with Crippen molar-refractivity contribution in [1.29, 1.82) is 0 Å². The molecule has 0 spiro atoms. The molecule has 1 aromatic heterocycles. The molecule has 1 fully saturated rings. The number of morpholine rings is 1. The van der Waals surface area contributed by atoms with Crippen LogP contribution in [-0.4, -0.2) is 52.1 Å². The third kappa shape index (κ3) is 3.07. The Hall–Kier alpha value is -0.720. The Labute approximate surface area is 122 Å². The molecule has 1 atom stereocenters. The van der Waals surface area contributed by atoms with E-state index in [1.165, 1.54) is 0 Å². The van der Waals surface area contributed by atoms with Crippen molar-refractivity contribution < 1.29 is 9.53 Å². The lowest BCUT2D eigenvalue weighted by Gasteiger charge is -2.34. The van der Waals surface area contributed by atoms with Crippen LogP contribution in [-0.2, 0) is 10.2 Å². The van der Waals surface area contributed by atoms with Gasteiger partial charge in [-0.15, -0.1) is 16.7 Å². The molecule has 0 N–H and O–H groups in total. The number of carbonyl (C=O) groups excluding carboxylic acids is 1. The van der Waals surface area contributed by atoms with Gasteiger partial charge in [0.2, 0.25) is 0 Å². The minimum atomic E-state index is -0.194. The smallest absolute Gasteiger partial charge is 0.267 e. The quantitative estimate of drug-likeness (QED) is 0.783. The highest BCUT2D eigenvalue weighted by molar-refractivity contribution is 7.08. The molecule has 0 saturated carbocycles. The maximum Gasteiger partial charge on any atom is 0.267 e. The molecular formula is C12H18ClN3O2S. The summed E-state index contributed by atoms with van der Waals surface area (Å²) in [4.78, 5) is 15.0. The topological polar surface area (TPSA) is 55.3 Å². The molecule has 2 rings (SSSR count). The molecule has 1 aliphatic rings. The van der Waals surface area contributed by atoms with Crippen LogP contribution in [0.4, 0.5) is 0 Å². The molecule has 7 heteroatoms. The van der Waals surface area contributed by atoms with Gasteiger partial charge in [0.05, 0.1) is 24.9 Å². The van der Waals surface area contributed by atoms with Crippen molar-refractivity contribution in [3.63, 3.8) is 0 Å². The number of alkyl halides is 1. The van der Waals surface area contributed by atoms with E-state index in [9.17, 15) is 4.79 Å². The molecule has 0 aliphatic carbocycles. The average Bonchev–Trinajstić information content (AvgIpc) is 2.87. The lowest BCUT2D eigenvalue weighted by molar-refractivity contribution is 0.00470. The van der Waals surface area contributed by atoms with E-state index in [2.05, 4.69) is 9.59 Å². The second-order valence-corrected chi connectivity index (χ2v) is 6.64. The molecule has 1 saturated heterocycles. The van der Waals surface area contributed by atoms with Gasteiger partial charge in [-0.3, -0.25) is 4.79 Å². The van der Waals surface area contributed by atoms with Crippen molar-refractivity contribution in [2.45, 2.75) is 32.2 Å². The van der Waals surface area contributed by atoms with E-state index in [1.54, 1.807) is 4.90 Å². The predicted molar refractivity (Wildman–Crippen MR) is 75.0 cm³/mol. The van der Waals surface area contributed by atoms with Gasteiger partial charge in [0.1, 0.15) is 4.88 Å². The van der Waals surface area contributed by atoms with Crippen LogP contribution >= 0.6 is 23.1 Å². The highest BCUT2D eigenvalue weighted by Crippen LogP contribution is 2.27. The summed E-state index contributed by atoms with van der Waals surface area (Å²) in [5, 5.41) is 4.11. The Morgan fingerprint density at radius 1 is 1.58 bits per heavy atom. The molecule has 1 aliphatic heterocycles. The van der Waals surface area contributed by atoms with Crippen LogP contribution in [0.25, 0.3) is 0 Å². The third-order valence-electron chi connectivity index (χ3n) is 3.06. The molecule has 1 aromatic rings. The maximum atomic E-state index is 12.6. The summed E-state index contributed by atoms with van der Waals surface area (Å²) in [5.41, 5.74) is 0.558. The average molecular weight is 304 g/mol. The molecule has 19 heavy (non-hydrogen) atoms. The summed E-state index contributed by atoms with van der Waals surface area (Å²) >= 11 is 7.06. The van der Waals surface area contributed by atoms with Gasteiger partial charge in [-0.05, 0) is 11.5 Å². The minimum absolute atomic E-state index is 0.0334. The van der Waals surface area contributed by atoms with Crippen molar-refractivity contribution >= 4 is 29.0 Å². The second-order valence-electron chi connectivity index (χ2n) is 5.58. The van der Waals surface area contributed by atoms with E-state index in [1.807, 2.05) is 20.8 Å². The number of rotatable bonds is 2. The highest BCUT2D eigenvalue weighted by Gasteiger charge is 2.33. The van der Waals surface area contributed by atoms with Crippen molar-refractivity contribution in [2.75, 3.05) is 25.6 Å². The number of aromatic nitrogens is 2. The molecule has 0 radical (unpaired) electrons. The first-order valence-corrected chi connectivity index (χ1v) is 7.53. The van der Waals surface area contributed by atoms with Gasteiger partial charge in [-0.25, -0.2) is 0 Å². The van der Waals surface area contributed by atoms with E-state index >= 15 is 0 Å². The SMILES string of the molecule is CC(C)(C)c1nnsc1C(=O)N1CCOCC1CCl. The van der Waals surface area contributed by atoms with Crippen molar-refractivity contribution in [1.82, 2.24) is 14.5 Å². The first-order valence-electron chi connectivity index (χ1n) is 6.22. The number of hydrogen-bond donors (Lipinski definition) is 0. The normalized spacial score (nSPS) is 20.6. The minimum Gasteiger partial charge on any atom is -0.377 e. The first kappa shape index (κ1) is 14.7. The molecule has 0 bridgehead atoms. The van der Waals surface area contributed by atoms with Crippen LogP contribution in [0.1, 0.15) is 36.1 Å². The lowest BCUT2D eigenvalue weighted by atomic mass is 9.91. The van der Waals surface area contributed by atoms with Crippen molar-refractivity contribution in [3.8, 4) is 0 Å². The fraction of sp³-hybridized carbons (Fsp3) is 0.750. The number of halogens is 1. The van der Waals surface area contributed by atoms with E-state index in [0.717, 1.165) is 17.2 Å². The standard InChI is InChI=1S/C12H18ClN3O2S/c1-12(2,3)10-9(19-15-14-10)11(17)16-4-5-18-7-8(16)6-13/h8H,4-7H2,1-3H3. The fourth-order valence-electron chi connectivity index (χ4n) is 2.00. The summed E-state index contributed by atoms with van der Waals surface area (Å²) < 4.78 is 9.30. The van der Waals surface area contributed by atoms with E-state index < -0.39 is 0 Å². The van der Waals surface area contributed by atoms with Gasteiger partial charge < -0.3 is 9.64 Å². The van der Waals surface area contributed by atoms with Crippen molar-refractivity contribution in [2.24, 2.45) is 0 Å². The number of amides is 1. The lowest BCUT2D eigenvalue weighted by Crippen LogP contribution is -2.49. The Kier molecular flexibility index (Phi) is 4.43. The fourth-order valence-corrected chi connectivity index (χ4v) is 3.09. The largest absolute Gasteiger partial charge is 0.377 e. The zero-order chi connectivity index (χ0) is 14.0. The first-order chi connectivity index (χ1) is 8.95. The monoisotopic (exact) mass is 303 g/mol. The summed E-state index contributed by atoms with van der Waals surface area (Å²) in [6.45, 7) is 7.69. The number of ether oxygens (including phenoxy) is 1. The van der Waals surface area contributed by atoms with Gasteiger partial charge in [0.25, 0.3) is 5.91 Å². The van der Waals surface area contributed by atoms with Crippen LogP contribution in [0.15, 0.2) is 0 Å². The third-order valence-corrected chi connectivity index (χ3v) is 4.13. The maximum absolute atomic E-state index is 12.6. The van der Waals surface area contributed by atoms with Gasteiger partial charge in [0.15, 0.2) is 0 Å². The van der Waals surface area contributed by atoms with Crippen LogP contribution < -0.4 is 0 Å². The highest BCUT2D eigenvalue weighted by atomic mass is 35.5. The van der Waals surface area contributed by atoms with Crippen LogP contribution in [0.3, 0.4) is 0 Å². The second kappa shape index (κ2) is 5.73. The molecular weight excluding hydrogens is 286 g/mol. The number of carbonyl (C=O) groups is 1. The number of nitrogens with zero attached hydrogens (tertiary/aromatic N) is 3. The Morgan fingerprint density at radius 2 is 2.32 bits per heavy atom. The predicted octanol–water partition coefficient (Wildman–Crippen LogP) is 1.92. The Morgan fingerprint density at radius 3 is 2.95 bits per heavy atom. The molecule has 2 heterocycles. The molecule has 5 nitrogen and oxygen atoms in total. The van der Waals surface area contributed by atoms with Gasteiger partial charge in [-0.1, -0.05) is 25.3 Å². The number of hydrogen-bond acceptors (Lipinski definition) is 5. The Balaban J connectivity index is 2.26. The Bertz CT molecular complexity index is 458. The summed E-state index contributed by atoms with van der Waals surface area (Å²) in [6, 6.07) is -0.0714. The molecule has 0 aromatic carbocycles. The molecule has 106 valence electrons. The van der Waals surface area contributed by atoms with Crippen LogP contribution in [0.5, 0.6) is 0 Å². The zero-order valence-corrected chi connectivity index (χ0v) is 12.9. The summed E-state index contributed by atoms with van der Waals surface area (Å²) in [6.07, 6.45) is 0.